The molecule has 2 unspecified atom stereocenters. The van der Waals surface area contributed by atoms with Crippen molar-refractivity contribution in [3.05, 3.63) is 35.4 Å². The van der Waals surface area contributed by atoms with Gasteiger partial charge in [-0.25, -0.2) is 4.79 Å². The zero-order valence-corrected chi connectivity index (χ0v) is 18.4. The maximum Gasteiger partial charge on any atom is 0.410 e. The largest absolute Gasteiger partial charge is 0.460 e. The van der Waals surface area contributed by atoms with Crippen molar-refractivity contribution >= 4 is 18.3 Å². The zero-order chi connectivity index (χ0) is 21.8. The van der Waals surface area contributed by atoms with Gasteiger partial charge in [-0.2, -0.15) is 0 Å². The predicted octanol–water partition coefficient (Wildman–Crippen LogP) is 4.26. The number of hydrogen-bond acceptors (Lipinski definition) is 5. The highest BCUT2D eigenvalue weighted by Gasteiger charge is 2.39. The summed E-state index contributed by atoms with van der Waals surface area (Å²) < 4.78 is 11.1. The molecule has 1 amide bonds. The van der Waals surface area contributed by atoms with E-state index in [-0.39, 0.29) is 18.0 Å². The monoisotopic (exact) mass is 403 g/mol. The zero-order valence-electron chi connectivity index (χ0n) is 18.4. The first kappa shape index (κ1) is 22.9. The number of carbonyl (C=O) groups excluding carboxylic acids is 3. The third-order valence-electron chi connectivity index (χ3n) is 4.70. The summed E-state index contributed by atoms with van der Waals surface area (Å²) in [5.41, 5.74) is 0.326. The smallest absolute Gasteiger partial charge is 0.410 e. The lowest BCUT2D eigenvalue weighted by Gasteiger charge is -2.28. The molecule has 1 aliphatic heterocycles. The Hall–Kier alpha value is -2.37. The Kier molecular flexibility index (Phi) is 7.09. The third kappa shape index (κ3) is 7.18. The van der Waals surface area contributed by atoms with Crippen LogP contribution in [0.5, 0.6) is 0 Å². The van der Waals surface area contributed by atoms with E-state index in [1.165, 1.54) is 0 Å². The summed E-state index contributed by atoms with van der Waals surface area (Å²) in [6.45, 7) is 12.0. The normalized spacial score (nSPS) is 18.3. The number of esters is 1. The summed E-state index contributed by atoms with van der Waals surface area (Å²) in [6, 6.07) is 7.25. The van der Waals surface area contributed by atoms with Gasteiger partial charge in [0.1, 0.15) is 17.5 Å². The van der Waals surface area contributed by atoms with Crippen LogP contribution in [-0.2, 0) is 20.7 Å². The van der Waals surface area contributed by atoms with Crippen molar-refractivity contribution in [2.24, 2.45) is 11.8 Å². The molecule has 1 heterocycles. The van der Waals surface area contributed by atoms with Crippen molar-refractivity contribution in [2.75, 3.05) is 13.1 Å². The van der Waals surface area contributed by atoms with Gasteiger partial charge >= 0.3 is 12.1 Å². The van der Waals surface area contributed by atoms with Gasteiger partial charge in [0.2, 0.25) is 0 Å². The van der Waals surface area contributed by atoms with Crippen LogP contribution in [0.25, 0.3) is 0 Å². The molecule has 6 heteroatoms. The van der Waals surface area contributed by atoms with Crippen LogP contribution in [0.15, 0.2) is 24.3 Å². The van der Waals surface area contributed by atoms with E-state index in [4.69, 9.17) is 9.47 Å². The lowest BCUT2D eigenvalue weighted by atomic mass is 9.85. The molecule has 0 saturated carbocycles. The molecular formula is C23H33NO5. The first-order valence-corrected chi connectivity index (χ1v) is 10.1. The standard InChI is InChI=1S/C23H33NO5/c1-22(2,3)28-20(26)19(13-16-8-7-9-17(12-16)15-25)18-10-11-24(14-18)21(27)29-23(4,5)6/h7-9,12,15,18-19H,10-11,13-14H2,1-6H3. The molecular weight excluding hydrogens is 370 g/mol. The van der Waals surface area contributed by atoms with Crippen molar-refractivity contribution in [1.82, 2.24) is 4.90 Å². The Bertz CT molecular complexity index is 744. The lowest BCUT2D eigenvalue weighted by Crippen LogP contribution is -2.38. The molecule has 0 aliphatic carbocycles. The van der Waals surface area contributed by atoms with E-state index in [9.17, 15) is 14.4 Å². The van der Waals surface area contributed by atoms with Crippen molar-refractivity contribution < 1.29 is 23.9 Å². The second-order valence-corrected chi connectivity index (χ2v) is 9.68. The number of carbonyl (C=O) groups is 3. The molecule has 0 N–H and O–H groups in total. The van der Waals surface area contributed by atoms with E-state index in [2.05, 4.69) is 0 Å². The van der Waals surface area contributed by atoms with Gasteiger partial charge in [-0.05, 0) is 71.9 Å². The highest BCUT2D eigenvalue weighted by Crippen LogP contribution is 2.30. The Balaban J connectivity index is 2.18. The van der Waals surface area contributed by atoms with E-state index in [0.717, 1.165) is 11.8 Å². The number of aldehydes is 1. The van der Waals surface area contributed by atoms with E-state index in [1.54, 1.807) is 17.0 Å². The summed E-state index contributed by atoms with van der Waals surface area (Å²) in [6.07, 6.45) is 1.61. The summed E-state index contributed by atoms with van der Waals surface area (Å²) in [5.74, 6) is -0.703. The van der Waals surface area contributed by atoms with Crippen molar-refractivity contribution in [3.63, 3.8) is 0 Å². The van der Waals surface area contributed by atoms with Crippen LogP contribution in [0.1, 0.15) is 63.9 Å². The van der Waals surface area contributed by atoms with E-state index in [0.29, 0.717) is 31.5 Å². The molecule has 0 radical (unpaired) electrons. The fraction of sp³-hybridized carbons (Fsp3) is 0.609. The number of likely N-dealkylation sites (tertiary alicyclic amines) is 1. The Labute approximate surface area is 173 Å². The number of hydrogen-bond donors (Lipinski definition) is 0. The molecule has 2 atom stereocenters. The number of ether oxygens (including phenoxy) is 2. The SMILES string of the molecule is CC(C)(C)OC(=O)C(Cc1cccc(C=O)c1)C1CCN(C(=O)OC(C)(C)C)C1. The van der Waals surface area contributed by atoms with Gasteiger partial charge in [0.25, 0.3) is 0 Å². The third-order valence-corrected chi connectivity index (χ3v) is 4.70. The minimum atomic E-state index is -0.594. The average Bonchev–Trinajstić information content (AvgIpc) is 3.06. The Morgan fingerprint density at radius 1 is 1.14 bits per heavy atom. The van der Waals surface area contributed by atoms with E-state index in [1.807, 2.05) is 53.7 Å². The predicted molar refractivity (Wildman–Crippen MR) is 111 cm³/mol. The second kappa shape index (κ2) is 8.97. The van der Waals surface area contributed by atoms with Gasteiger partial charge < -0.3 is 14.4 Å². The van der Waals surface area contributed by atoms with Crippen LogP contribution in [0.4, 0.5) is 4.79 Å². The molecule has 29 heavy (non-hydrogen) atoms. The Morgan fingerprint density at radius 2 is 1.79 bits per heavy atom. The van der Waals surface area contributed by atoms with Crippen LogP contribution in [0.3, 0.4) is 0 Å². The summed E-state index contributed by atoms with van der Waals surface area (Å²) in [4.78, 5) is 38.2. The summed E-state index contributed by atoms with van der Waals surface area (Å²) in [5, 5.41) is 0. The van der Waals surface area contributed by atoms with Crippen LogP contribution >= 0.6 is 0 Å². The number of nitrogens with zero attached hydrogens (tertiary/aromatic N) is 1. The fourth-order valence-corrected chi connectivity index (χ4v) is 3.48. The highest BCUT2D eigenvalue weighted by atomic mass is 16.6. The van der Waals surface area contributed by atoms with Crippen LogP contribution in [-0.4, -0.2) is 47.5 Å². The Morgan fingerprint density at radius 3 is 2.38 bits per heavy atom. The molecule has 1 aromatic rings. The lowest BCUT2D eigenvalue weighted by molar-refractivity contribution is -0.161. The minimum Gasteiger partial charge on any atom is -0.460 e. The number of amides is 1. The van der Waals surface area contributed by atoms with Gasteiger partial charge in [0.15, 0.2) is 0 Å². The first-order valence-electron chi connectivity index (χ1n) is 10.1. The molecule has 1 aliphatic rings. The van der Waals surface area contributed by atoms with Gasteiger partial charge in [0.05, 0.1) is 5.92 Å². The molecule has 2 rings (SSSR count). The van der Waals surface area contributed by atoms with Gasteiger partial charge in [-0.1, -0.05) is 18.2 Å². The van der Waals surface area contributed by atoms with Crippen molar-refractivity contribution in [1.29, 1.82) is 0 Å². The molecule has 1 fully saturated rings. The van der Waals surface area contributed by atoms with Gasteiger partial charge in [-0.15, -0.1) is 0 Å². The number of rotatable bonds is 5. The minimum absolute atomic E-state index is 0.0303. The van der Waals surface area contributed by atoms with E-state index < -0.39 is 17.1 Å². The highest BCUT2D eigenvalue weighted by molar-refractivity contribution is 5.76. The topological polar surface area (TPSA) is 72.9 Å². The molecule has 160 valence electrons. The van der Waals surface area contributed by atoms with E-state index >= 15 is 0 Å². The van der Waals surface area contributed by atoms with Crippen molar-refractivity contribution in [2.45, 2.75) is 65.6 Å². The first-order chi connectivity index (χ1) is 13.4. The van der Waals surface area contributed by atoms with Gasteiger partial charge in [-0.3, -0.25) is 9.59 Å². The van der Waals surface area contributed by atoms with Crippen LogP contribution in [0.2, 0.25) is 0 Å². The molecule has 0 spiro atoms. The summed E-state index contributed by atoms with van der Waals surface area (Å²) >= 11 is 0. The maximum absolute atomic E-state index is 13.0. The molecule has 6 nitrogen and oxygen atoms in total. The van der Waals surface area contributed by atoms with Crippen LogP contribution in [0, 0.1) is 11.8 Å². The molecule has 0 bridgehead atoms. The van der Waals surface area contributed by atoms with Gasteiger partial charge in [0, 0.05) is 18.7 Å². The quantitative estimate of drug-likeness (QED) is 0.543. The second-order valence-electron chi connectivity index (χ2n) is 9.68. The molecule has 1 aromatic carbocycles. The number of benzene rings is 1. The summed E-state index contributed by atoms with van der Waals surface area (Å²) in [7, 11) is 0. The fourth-order valence-electron chi connectivity index (χ4n) is 3.48. The van der Waals surface area contributed by atoms with Crippen molar-refractivity contribution in [3.8, 4) is 0 Å². The molecule has 1 saturated heterocycles. The molecule has 0 aromatic heterocycles. The maximum atomic E-state index is 13.0. The van der Waals surface area contributed by atoms with Crippen LogP contribution < -0.4 is 0 Å². The average molecular weight is 404 g/mol.